The van der Waals surface area contributed by atoms with E-state index in [1.54, 1.807) is 7.11 Å². The Morgan fingerprint density at radius 1 is 1.29 bits per heavy atom. The van der Waals surface area contributed by atoms with E-state index in [2.05, 4.69) is 17.1 Å². The summed E-state index contributed by atoms with van der Waals surface area (Å²) >= 11 is 6.27. The van der Waals surface area contributed by atoms with Crippen LogP contribution in [-0.2, 0) is 13.0 Å². The first-order chi connectivity index (χ1) is 13.6. The zero-order valence-corrected chi connectivity index (χ0v) is 16.8. The average Bonchev–Trinajstić information content (AvgIpc) is 3.56. The number of nitrogens with zero attached hydrogens (tertiary/aromatic N) is 2. The lowest BCUT2D eigenvalue weighted by atomic mass is 10.0. The molecule has 4 rings (SSSR count). The van der Waals surface area contributed by atoms with Gasteiger partial charge in [0.1, 0.15) is 5.75 Å². The predicted octanol–water partition coefficient (Wildman–Crippen LogP) is 6.50. The van der Waals surface area contributed by atoms with Crippen LogP contribution in [0.3, 0.4) is 0 Å². The van der Waals surface area contributed by atoms with E-state index >= 15 is 0 Å². The number of pyridine rings is 1. The van der Waals surface area contributed by atoms with Gasteiger partial charge in [0.25, 0.3) is 0 Å². The van der Waals surface area contributed by atoms with E-state index in [-0.39, 0.29) is 0 Å². The molecule has 0 unspecified atom stereocenters. The fourth-order valence-corrected chi connectivity index (χ4v) is 3.89. The fourth-order valence-electron chi connectivity index (χ4n) is 3.61. The van der Waals surface area contributed by atoms with Crippen molar-refractivity contribution in [2.45, 2.75) is 38.6 Å². The van der Waals surface area contributed by atoms with Gasteiger partial charge in [-0.3, -0.25) is 4.98 Å². The van der Waals surface area contributed by atoms with Crippen LogP contribution in [0.15, 0.2) is 36.5 Å². The van der Waals surface area contributed by atoms with Gasteiger partial charge in [-0.2, -0.15) is 0 Å². The molecule has 0 aliphatic heterocycles. The quantitative estimate of drug-likeness (QED) is 0.487. The fraction of sp³-hybridized carbons (Fsp3) is 0.304. The molecule has 0 saturated heterocycles. The highest BCUT2D eigenvalue weighted by atomic mass is 35.5. The Morgan fingerprint density at radius 2 is 2.11 bits per heavy atom. The number of hydrogen-bond donors (Lipinski definition) is 1. The number of fused-ring (bicyclic) bond motifs is 1. The van der Waals surface area contributed by atoms with Gasteiger partial charge in [0.2, 0.25) is 0 Å². The van der Waals surface area contributed by atoms with Crippen molar-refractivity contribution < 1.29 is 4.74 Å². The van der Waals surface area contributed by atoms with Crippen molar-refractivity contribution in [2.75, 3.05) is 12.4 Å². The lowest BCUT2D eigenvalue weighted by molar-refractivity contribution is 0.415. The Bertz CT molecular complexity index is 1080. The van der Waals surface area contributed by atoms with Crippen molar-refractivity contribution in [3.8, 4) is 5.75 Å². The third kappa shape index (κ3) is 3.50. The maximum absolute atomic E-state index is 7.50. The molecule has 1 aliphatic rings. The van der Waals surface area contributed by atoms with Crippen LogP contribution >= 0.6 is 11.6 Å². The number of nitrogens with one attached hydrogen (secondary N) is 1. The van der Waals surface area contributed by atoms with Crippen LogP contribution < -0.4 is 10.1 Å². The van der Waals surface area contributed by atoms with Crippen molar-refractivity contribution in [1.29, 1.82) is 0 Å². The third-order valence-corrected chi connectivity index (χ3v) is 5.57. The Hall–Kier alpha value is -2.77. The standard InChI is InChI=1S/C23H22ClN3O/c1-4-15-13-27-23-18(16-6-7-16)10-17(25-2)11-19(23)22(15)26-12-14-5-8-21(28-3)20(24)9-14/h5,8-11,13,16H,4,6-7,12H2,1,3H3,(H,26,27). The van der Waals surface area contributed by atoms with Crippen LogP contribution in [0.4, 0.5) is 11.4 Å². The van der Waals surface area contributed by atoms with Gasteiger partial charge >= 0.3 is 0 Å². The lowest BCUT2D eigenvalue weighted by Crippen LogP contribution is -2.05. The van der Waals surface area contributed by atoms with Crippen LogP contribution in [0.1, 0.15) is 42.4 Å². The number of methoxy groups -OCH3 is 1. The number of benzene rings is 2. The molecule has 28 heavy (non-hydrogen) atoms. The molecule has 1 aromatic heterocycles. The highest BCUT2D eigenvalue weighted by Crippen LogP contribution is 2.45. The molecule has 1 N–H and O–H groups in total. The summed E-state index contributed by atoms with van der Waals surface area (Å²) in [5.74, 6) is 1.21. The molecule has 0 bridgehead atoms. The number of hydrogen-bond acceptors (Lipinski definition) is 3. The zero-order valence-electron chi connectivity index (χ0n) is 16.1. The molecular formula is C23H22ClN3O. The molecule has 0 spiro atoms. The Morgan fingerprint density at radius 3 is 2.75 bits per heavy atom. The second-order valence-electron chi connectivity index (χ2n) is 7.15. The van der Waals surface area contributed by atoms with Gasteiger partial charge in [0, 0.05) is 23.8 Å². The van der Waals surface area contributed by atoms with Crippen LogP contribution in [0.5, 0.6) is 5.75 Å². The minimum atomic E-state index is 0.539. The molecule has 2 aromatic carbocycles. The van der Waals surface area contributed by atoms with Gasteiger partial charge in [0.15, 0.2) is 5.69 Å². The minimum absolute atomic E-state index is 0.539. The summed E-state index contributed by atoms with van der Waals surface area (Å²) in [5.41, 5.74) is 6.19. The summed E-state index contributed by atoms with van der Waals surface area (Å²) in [6, 6.07) is 9.78. The smallest absolute Gasteiger partial charge is 0.188 e. The molecule has 0 amide bonds. The van der Waals surface area contributed by atoms with Crippen molar-refractivity contribution in [3.05, 3.63) is 69.7 Å². The normalized spacial score (nSPS) is 13.4. The molecule has 0 atom stereocenters. The van der Waals surface area contributed by atoms with Gasteiger partial charge < -0.3 is 10.1 Å². The summed E-state index contributed by atoms with van der Waals surface area (Å²) in [6.07, 6.45) is 5.20. The molecule has 3 aromatic rings. The topological polar surface area (TPSA) is 38.5 Å². The number of ether oxygens (including phenoxy) is 1. The Labute approximate surface area is 170 Å². The van der Waals surface area contributed by atoms with Gasteiger partial charge in [-0.1, -0.05) is 30.7 Å². The molecule has 1 fully saturated rings. The molecule has 142 valence electrons. The number of halogens is 1. The summed E-state index contributed by atoms with van der Waals surface area (Å²) in [5, 5.41) is 5.22. The summed E-state index contributed by atoms with van der Waals surface area (Å²) < 4.78 is 5.24. The van der Waals surface area contributed by atoms with Gasteiger partial charge in [-0.15, -0.1) is 0 Å². The molecule has 4 nitrogen and oxygen atoms in total. The number of rotatable bonds is 6. The maximum Gasteiger partial charge on any atom is 0.188 e. The van der Waals surface area contributed by atoms with Crippen molar-refractivity contribution >= 4 is 33.9 Å². The lowest BCUT2D eigenvalue weighted by Gasteiger charge is -2.16. The van der Waals surface area contributed by atoms with Crippen molar-refractivity contribution in [2.24, 2.45) is 0 Å². The summed E-state index contributed by atoms with van der Waals surface area (Å²) in [7, 11) is 1.61. The van der Waals surface area contributed by atoms with E-state index in [1.807, 2.05) is 36.5 Å². The monoisotopic (exact) mass is 391 g/mol. The Kier molecular flexibility index (Phi) is 5.11. The predicted molar refractivity (Wildman–Crippen MR) is 115 cm³/mol. The van der Waals surface area contributed by atoms with Crippen molar-refractivity contribution in [1.82, 2.24) is 4.98 Å². The first kappa shape index (κ1) is 18.6. The van der Waals surface area contributed by atoms with Gasteiger partial charge in [0.05, 0.1) is 24.2 Å². The molecule has 1 aliphatic carbocycles. The van der Waals surface area contributed by atoms with E-state index in [0.717, 1.165) is 34.1 Å². The van der Waals surface area contributed by atoms with E-state index in [9.17, 15) is 0 Å². The molecule has 0 radical (unpaired) electrons. The van der Waals surface area contributed by atoms with Gasteiger partial charge in [-0.25, -0.2) is 4.85 Å². The Balaban J connectivity index is 1.75. The molecular weight excluding hydrogens is 370 g/mol. The first-order valence-corrected chi connectivity index (χ1v) is 9.91. The highest BCUT2D eigenvalue weighted by molar-refractivity contribution is 6.32. The average molecular weight is 392 g/mol. The van der Waals surface area contributed by atoms with Crippen molar-refractivity contribution in [3.63, 3.8) is 0 Å². The third-order valence-electron chi connectivity index (χ3n) is 5.28. The number of aromatic nitrogens is 1. The van der Waals surface area contributed by atoms with Crippen LogP contribution in [0.25, 0.3) is 15.7 Å². The second kappa shape index (κ2) is 7.69. The SMILES string of the molecule is [C-]#[N+]c1cc(C2CC2)c2ncc(CC)c(NCc3ccc(OC)c(Cl)c3)c2c1. The largest absolute Gasteiger partial charge is 0.495 e. The van der Waals surface area contributed by atoms with Crippen LogP contribution in [0, 0.1) is 6.57 Å². The van der Waals surface area contributed by atoms with E-state index in [4.69, 9.17) is 27.9 Å². The molecule has 1 heterocycles. The second-order valence-corrected chi connectivity index (χ2v) is 7.56. The first-order valence-electron chi connectivity index (χ1n) is 9.53. The maximum atomic E-state index is 7.50. The zero-order chi connectivity index (χ0) is 19.7. The van der Waals surface area contributed by atoms with E-state index in [1.165, 1.54) is 18.4 Å². The minimum Gasteiger partial charge on any atom is -0.495 e. The summed E-state index contributed by atoms with van der Waals surface area (Å²) in [4.78, 5) is 8.46. The van der Waals surface area contributed by atoms with E-state index in [0.29, 0.717) is 28.9 Å². The highest BCUT2D eigenvalue weighted by Gasteiger charge is 2.27. The van der Waals surface area contributed by atoms with Crippen LogP contribution in [0.2, 0.25) is 5.02 Å². The molecule has 1 saturated carbocycles. The number of anilines is 1. The van der Waals surface area contributed by atoms with Gasteiger partial charge in [-0.05, 0) is 60.1 Å². The van der Waals surface area contributed by atoms with Crippen LogP contribution in [-0.4, -0.2) is 12.1 Å². The molecule has 5 heteroatoms. The summed E-state index contributed by atoms with van der Waals surface area (Å²) in [6.45, 7) is 10.3. The number of aryl methyl sites for hydroxylation is 1. The van der Waals surface area contributed by atoms with E-state index < -0.39 is 0 Å².